The van der Waals surface area contributed by atoms with Crippen LogP contribution in [-0.2, 0) is 66.7 Å². The monoisotopic (exact) mass is 956 g/mol. The molecule has 1 saturated heterocycles. The van der Waals surface area contributed by atoms with Gasteiger partial charge in [-0.3, -0.25) is 28.8 Å². The van der Waals surface area contributed by atoms with E-state index in [-0.39, 0.29) is 74.4 Å². The Morgan fingerprint density at radius 3 is 1.65 bits per heavy atom. The van der Waals surface area contributed by atoms with Crippen LogP contribution in [0.3, 0.4) is 0 Å². The van der Waals surface area contributed by atoms with Gasteiger partial charge >= 0.3 is 35.8 Å². The molecule has 7 rings (SSSR count). The van der Waals surface area contributed by atoms with Gasteiger partial charge in [-0.15, -0.1) is 0 Å². The number of fused-ring (bicyclic) bond motifs is 2. The largest absolute Gasteiger partial charge is 0.462 e. The molecule has 0 aromatic rings. The zero-order chi connectivity index (χ0) is 50.2. The van der Waals surface area contributed by atoms with Crippen LogP contribution in [0.25, 0.3) is 4.85 Å². The number of carbonyl (C=O) groups excluding carboxylic acids is 6. The fraction of sp³-hybridized carbons (Fsp3) is 0.868. The number of hydrogen-bond donors (Lipinski definition) is 0. The molecule has 0 aromatic heterocycles. The Morgan fingerprint density at radius 1 is 0.662 bits per heavy atom. The lowest BCUT2D eigenvalue weighted by Gasteiger charge is -2.59. The van der Waals surface area contributed by atoms with E-state index in [2.05, 4.69) is 11.8 Å². The number of carbonyl (C=O) groups is 6. The summed E-state index contributed by atoms with van der Waals surface area (Å²) < 4.78 is 46.9. The maximum Gasteiger partial charge on any atom is 0.314 e. The van der Waals surface area contributed by atoms with E-state index in [1.54, 1.807) is 76.2 Å². The third kappa shape index (κ3) is 12.4. The Hall–Kier alpha value is -3.77. The first-order valence-electron chi connectivity index (χ1n) is 25.4. The molecule has 1 heterocycles. The van der Waals surface area contributed by atoms with E-state index in [4.69, 9.17) is 44.5 Å². The molecule has 0 amide bonds. The van der Waals surface area contributed by atoms with Gasteiger partial charge in [-0.2, -0.15) is 0 Å². The van der Waals surface area contributed by atoms with Crippen molar-refractivity contribution in [2.45, 2.75) is 216 Å². The summed E-state index contributed by atoms with van der Waals surface area (Å²) in [5, 5.41) is 0. The van der Waals surface area contributed by atoms with Crippen molar-refractivity contribution in [1.29, 1.82) is 0 Å². The number of rotatable bonds is 22. The topological polar surface area (TPSA) is 181 Å². The Bertz CT molecular complexity index is 1900. The molecule has 0 radical (unpaired) electrons. The molecular weight excluding hydrogens is 875 g/mol. The highest BCUT2D eigenvalue weighted by molar-refractivity contribution is 5.84. The first-order chi connectivity index (χ1) is 31.6. The van der Waals surface area contributed by atoms with Gasteiger partial charge < -0.3 is 42.7 Å². The Kier molecular flexibility index (Phi) is 16.2. The second kappa shape index (κ2) is 20.5. The van der Waals surface area contributed by atoms with Crippen molar-refractivity contribution >= 4 is 35.8 Å². The smallest absolute Gasteiger partial charge is 0.314 e. The molecular formula is C53H81NO14. The van der Waals surface area contributed by atoms with E-state index in [1.165, 1.54) is 6.42 Å². The van der Waals surface area contributed by atoms with E-state index in [0.29, 0.717) is 44.1 Å². The minimum Gasteiger partial charge on any atom is -0.462 e. The fourth-order valence-corrected chi connectivity index (χ4v) is 13.0. The second-order valence-corrected chi connectivity index (χ2v) is 24.7. The van der Waals surface area contributed by atoms with E-state index in [0.717, 1.165) is 32.1 Å². The lowest BCUT2D eigenvalue weighted by molar-refractivity contribution is -0.213. The van der Waals surface area contributed by atoms with Crippen molar-refractivity contribution in [2.24, 2.45) is 62.6 Å². The minimum atomic E-state index is -1.56. The van der Waals surface area contributed by atoms with Crippen LogP contribution in [0.5, 0.6) is 0 Å². The van der Waals surface area contributed by atoms with Crippen molar-refractivity contribution in [3.05, 3.63) is 11.4 Å². The summed E-state index contributed by atoms with van der Waals surface area (Å²) in [6.45, 7) is 29.2. The average Bonchev–Trinajstić information content (AvgIpc) is 3.95. The molecule has 7 aliphatic rings. The maximum atomic E-state index is 15.0. The van der Waals surface area contributed by atoms with Gasteiger partial charge in [-0.1, -0.05) is 0 Å². The van der Waals surface area contributed by atoms with Crippen LogP contribution in [0.2, 0.25) is 0 Å². The molecule has 7 fully saturated rings. The Labute approximate surface area is 404 Å². The highest BCUT2D eigenvalue weighted by atomic mass is 16.7. The molecule has 382 valence electrons. The van der Waals surface area contributed by atoms with E-state index < -0.39 is 87.5 Å². The highest BCUT2D eigenvalue weighted by Crippen LogP contribution is 2.60. The fourth-order valence-electron chi connectivity index (χ4n) is 13.0. The van der Waals surface area contributed by atoms with Crippen LogP contribution < -0.4 is 0 Å². The van der Waals surface area contributed by atoms with Crippen LogP contribution >= 0.6 is 0 Å². The molecule has 6 bridgehead atoms. The average molecular weight is 956 g/mol. The lowest BCUT2D eigenvalue weighted by Crippen LogP contribution is -2.59. The number of cyclic esters (lactones) is 1. The first kappa shape index (κ1) is 53.6. The number of ether oxygens (including phenoxy) is 8. The quantitative estimate of drug-likeness (QED) is 0.0329. The molecule has 15 heteroatoms. The molecule has 9 unspecified atom stereocenters. The first-order valence-corrected chi connectivity index (χ1v) is 25.4. The standard InChI is InChI=1S/C53H81NO14/c1-31(63-43(56)48(3,4)5)61-18-14-15-19-62-32(2)64-44(57)49(6,7)28-51(10,46(59)65-40-27-35-25-36(40)26-39(35)54-13)30-52(11,47(60)67-42-17-16-41(55)66-42)29-50(8,9)45(58)68-53(12)37-21-33-20-34(23-37)24-38(53)22-33/h31-40,42H,14-30H2,1-12H3. The van der Waals surface area contributed by atoms with Crippen molar-refractivity contribution < 1.29 is 66.7 Å². The van der Waals surface area contributed by atoms with Crippen LogP contribution in [-0.4, -0.2) is 85.6 Å². The molecule has 0 N–H and O–H groups in total. The summed E-state index contributed by atoms with van der Waals surface area (Å²) in [7, 11) is 0. The van der Waals surface area contributed by atoms with Crippen molar-refractivity contribution in [1.82, 2.24) is 0 Å². The van der Waals surface area contributed by atoms with Gasteiger partial charge in [0.05, 0.1) is 46.7 Å². The van der Waals surface area contributed by atoms with Gasteiger partial charge in [-0.05, 0) is 184 Å². The minimum absolute atomic E-state index is 0.0258. The molecule has 9 atom stereocenters. The van der Waals surface area contributed by atoms with Crippen LogP contribution in [0.4, 0.5) is 0 Å². The number of hydrogen-bond acceptors (Lipinski definition) is 14. The molecule has 0 aromatic carbocycles. The Morgan fingerprint density at radius 2 is 1.18 bits per heavy atom. The molecule has 6 saturated carbocycles. The number of esters is 6. The Balaban J connectivity index is 1.17. The normalized spacial score (nSPS) is 32.2. The number of unbranched alkanes of at least 4 members (excludes halogenated alkanes) is 1. The number of nitrogens with zero attached hydrogens (tertiary/aromatic N) is 1. The zero-order valence-electron chi connectivity index (χ0n) is 43.0. The van der Waals surface area contributed by atoms with E-state index in [9.17, 15) is 28.8 Å². The predicted molar refractivity (Wildman–Crippen MR) is 247 cm³/mol. The van der Waals surface area contributed by atoms with Crippen molar-refractivity contribution in [3.63, 3.8) is 0 Å². The van der Waals surface area contributed by atoms with Gasteiger partial charge in [0.25, 0.3) is 0 Å². The van der Waals surface area contributed by atoms with Gasteiger partial charge in [0.2, 0.25) is 12.3 Å². The molecule has 68 heavy (non-hydrogen) atoms. The third-order valence-corrected chi connectivity index (χ3v) is 16.3. The summed E-state index contributed by atoms with van der Waals surface area (Å²) in [6, 6.07) is -0.105. The maximum absolute atomic E-state index is 15.0. The van der Waals surface area contributed by atoms with Crippen LogP contribution in [0.15, 0.2) is 0 Å². The second-order valence-electron chi connectivity index (χ2n) is 24.7. The summed E-state index contributed by atoms with van der Waals surface area (Å²) >= 11 is 0. The van der Waals surface area contributed by atoms with E-state index in [1.807, 2.05) is 0 Å². The predicted octanol–water partition coefficient (Wildman–Crippen LogP) is 9.45. The zero-order valence-corrected chi connectivity index (χ0v) is 43.0. The summed E-state index contributed by atoms with van der Waals surface area (Å²) in [5.41, 5.74) is -6.92. The summed E-state index contributed by atoms with van der Waals surface area (Å²) in [5.74, 6) is -1.21. The van der Waals surface area contributed by atoms with Crippen LogP contribution in [0, 0.1) is 69.2 Å². The molecule has 0 spiro atoms. The van der Waals surface area contributed by atoms with Gasteiger partial charge in [0.15, 0.2) is 12.6 Å². The van der Waals surface area contributed by atoms with Gasteiger partial charge in [0.1, 0.15) is 11.7 Å². The molecule has 15 nitrogen and oxygen atoms in total. The summed E-state index contributed by atoms with van der Waals surface area (Å²) in [4.78, 5) is 86.5. The highest BCUT2D eigenvalue weighted by Gasteiger charge is 2.60. The van der Waals surface area contributed by atoms with Crippen molar-refractivity contribution in [2.75, 3.05) is 13.2 Å². The summed E-state index contributed by atoms with van der Waals surface area (Å²) in [6.07, 6.45) is 5.28. The van der Waals surface area contributed by atoms with Crippen LogP contribution in [0.1, 0.15) is 179 Å². The SMILES string of the molecule is [C-]#[N+]C1CC2CC1CC2OC(=O)C(C)(CC(C)(C)C(=O)OC(C)OCCCCOC(C)OC(=O)C(C)(C)C)CC(C)(CC(C)(C)C(=O)OC1(C)C2CC3CC(C2)CC1C3)C(=O)OC1CCC(=O)O1. The van der Waals surface area contributed by atoms with Gasteiger partial charge in [0, 0.05) is 24.7 Å². The van der Waals surface area contributed by atoms with Gasteiger partial charge in [-0.25, -0.2) is 6.57 Å². The molecule has 6 aliphatic carbocycles. The van der Waals surface area contributed by atoms with E-state index >= 15 is 0 Å². The van der Waals surface area contributed by atoms with Crippen molar-refractivity contribution in [3.8, 4) is 0 Å². The molecule has 1 aliphatic heterocycles. The third-order valence-electron chi connectivity index (χ3n) is 16.3. The lowest BCUT2D eigenvalue weighted by atomic mass is 9.50.